The number of benzene rings is 2. The van der Waals surface area contributed by atoms with Crippen LogP contribution in [0.25, 0.3) is 0 Å². The van der Waals surface area contributed by atoms with Gasteiger partial charge >= 0.3 is 11.6 Å². The maximum atomic E-state index is 11.7. The van der Waals surface area contributed by atoms with Crippen molar-refractivity contribution >= 4 is 17.2 Å². The third kappa shape index (κ3) is 4.03. The molecule has 1 aromatic heterocycles. The predicted octanol–water partition coefficient (Wildman–Crippen LogP) is 5.10. The molecule has 0 aliphatic rings. The molecule has 7 nitrogen and oxygen atoms in total. The van der Waals surface area contributed by atoms with Gasteiger partial charge in [0, 0.05) is 5.69 Å². The zero-order valence-corrected chi connectivity index (χ0v) is 15.4. The lowest BCUT2D eigenvalue weighted by Gasteiger charge is -2.12. The van der Waals surface area contributed by atoms with E-state index in [4.69, 9.17) is 4.74 Å². The van der Waals surface area contributed by atoms with E-state index in [1.165, 1.54) is 6.33 Å². The summed E-state index contributed by atoms with van der Waals surface area (Å²) >= 11 is 0. The highest BCUT2D eigenvalue weighted by molar-refractivity contribution is 5.70. The third-order valence-electron chi connectivity index (χ3n) is 4.32. The van der Waals surface area contributed by atoms with Crippen LogP contribution >= 0.6 is 0 Å². The van der Waals surface area contributed by atoms with E-state index in [0.717, 1.165) is 28.8 Å². The van der Waals surface area contributed by atoms with Gasteiger partial charge in [-0.1, -0.05) is 31.2 Å². The SMILES string of the molecule is CCc1ccccc1Nc1ncnc(Oc2ccc(C)c(C)c2)c1[N+](=O)[O-]. The molecule has 0 spiro atoms. The molecule has 1 heterocycles. The van der Waals surface area contributed by atoms with Crippen LogP contribution in [-0.2, 0) is 6.42 Å². The number of ether oxygens (including phenoxy) is 1. The molecule has 1 N–H and O–H groups in total. The van der Waals surface area contributed by atoms with Crippen LogP contribution in [0, 0.1) is 24.0 Å². The monoisotopic (exact) mass is 364 g/mol. The molecule has 27 heavy (non-hydrogen) atoms. The van der Waals surface area contributed by atoms with Crippen molar-refractivity contribution in [3.63, 3.8) is 0 Å². The fraction of sp³-hybridized carbons (Fsp3) is 0.200. The van der Waals surface area contributed by atoms with Gasteiger partial charge in [-0.3, -0.25) is 10.1 Å². The first-order chi connectivity index (χ1) is 13.0. The second-order valence-corrected chi connectivity index (χ2v) is 6.12. The lowest BCUT2D eigenvalue weighted by Crippen LogP contribution is -2.04. The Morgan fingerprint density at radius 2 is 1.89 bits per heavy atom. The zero-order valence-electron chi connectivity index (χ0n) is 15.4. The molecule has 0 saturated carbocycles. The highest BCUT2D eigenvalue weighted by atomic mass is 16.6. The highest BCUT2D eigenvalue weighted by Gasteiger charge is 2.25. The smallest absolute Gasteiger partial charge is 0.373 e. The summed E-state index contributed by atoms with van der Waals surface area (Å²) < 4.78 is 5.71. The normalized spacial score (nSPS) is 10.5. The number of aromatic nitrogens is 2. The summed E-state index contributed by atoms with van der Waals surface area (Å²) in [5, 5.41) is 14.8. The number of nitrogens with zero attached hydrogens (tertiary/aromatic N) is 3. The van der Waals surface area contributed by atoms with Crippen molar-refractivity contribution in [2.75, 3.05) is 5.32 Å². The molecule has 3 rings (SSSR count). The van der Waals surface area contributed by atoms with Crippen LogP contribution in [-0.4, -0.2) is 14.9 Å². The summed E-state index contributed by atoms with van der Waals surface area (Å²) in [5.74, 6) is 0.476. The fourth-order valence-electron chi connectivity index (χ4n) is 2.66. The Bertz CT molecular complexity index is 989. The minimum atomic E-state index is -0.534. The largest absolute Gasteiger partial charge is 0.434 e. The molecule has 0 saturated heterocycles. The van der Waals surface area contributed by atoms with Crippen molar-refractivity contribution in [3.8, 4) is 11.6 Å². The molecule has 3 aromatic rings. The molecular weight excluding hydrogens is 344 g/mol. The van der Waals surface area contributed by atoms with Gasteiger partial charge in [0.2, 0.25) is 5.82 Å². The van der Waals surface area contributed by atoms with Gasteiger partial charge in [-0.2, -0.15) is 4.98 Å². The molecule has 0 aliphatic heterocycles. The van der Waals surface area contributed by atoms with Gasteiger partial charge in [-0.15, -0.1) is 0 Å². The molecular formula is C20H20N4O3. The first kappa shape index (κ1) is 18.3. The number of nitrogens with one attached hydrogen (secondary N) is 1. The standard InChI is InChI=1S/C20H20N4O3/c1-4-15-7-5-6-8-17(15)23-19-18(24(25)26)20(22-12-21-19)27-16-10-9-13(2)14(3)11-16/h5-12H,4H2,1-3H3,(H,21,22,23). The van der Waals surface area contributed by atoms with E-state index in [-0.39, 0.29) is 17.4 Å². The molecule has 7 heteroatoms. The van der Waals surface area contributed by atoms with Crippen molar-refractivity contribution < 1.29 is 9.66 Å². The molecule has 0 fully saturated rings. The van der Waals surface area contributed by atoms with E-state index in [1.807, 2.05) is 57.2 Å². The summed E-state index contributed by atoms with van der Waals surface area (Å²) in [6.07, 6.45) is 2.04. The molecule has 138 valence electrons. The first-order valence-electron chi connectivity index (χ1n) is 8.59. The van der Waals surface area contributed by atoms with Crippen LogP contribution < -0.4 is 10.1 Å². The van der Waals surface area contributed by atoms with E-state index in [0.29, 0.717) is 5.75 Å². The van der Waals surface area contributed by atoms with Gasteiger partial charge in [-0.05, 0) is 55.2 Å². The summed E-state index contributed by atoms with van der Waals surface area (Å²) in [6, 6.07) is 13.1. The van der Waals surface area contributed by atoms with E-state index in [9.17, 15) is 10.1 Å². The predicted molar refractivity (Wildman–Crippen MR) is 104 cm³/mol. The van der Waals surface area contributed by atoms with E-state index in [1.54, 1.807) is 6.07 Å². The molecule has 0 amide bonds. The summed E-state index contributed by atoms with van der Waals surface area (Å²) in [5.41, 5.74) is 3.63. The number of aryl methyl sites for hydroxylation is 3. The van der Waals surface area contributed by atoms with Crippen LogP contribution in [0.15, 0.2) is 48.8 Å². The molecule has 0 aliphatic carbocycles. The Morgan fingerprint density at radius 1 is 1.11 bits per heavy atom. The van der Waals surface area contributed by atoms with E-state index in [2.05, 4.69) is 15.3 Å². The molecule has 2 aromatic carbocycles. The van der Waals surface area contributed by atoms with Crippen molar-refractivity contribution in [2.45, 2.75) is 27.2 Å². The van der Waals surface area contributed by atoms with Gasteiger partial charge in [0.1, 0.15) is 12.1 Å². The molecule has 0 atom stereocenters. The van der Waals surface area contributed by atoms with Crippen LogP contribution in [0.3, 0.4) is 0 Å². The fourth-order valence-corrected chi connectivity index (χ4v) is 2.66. The lowest BCUT2D eigenvalue weighted by atomic mass is 10.1. The first-order valence-corrected chi connectivity index (χ1v) is 8.59. The van der Waals surface area contributed by atoms with Crippen molar-refractivity contribution in [2.24, 2.45) is 0 Å². The van der Waals surface area contributed by atoms with E-state index < -0.39 is 4.92 Å². The minimum absolute atomic E-state index is 0.0923. The Morgan fingerprint density at radius 3 is 2.59 bits per heavy atom. The Hall–Kier alpha value is -3.48. The van der Waals surface area contributed by atoms with Crippen LogP contribution in [0.4, 0.5) is 17.2 Å². The Kier molecular flexibility index (Phi) is 5.30. The van der Waals surface area contributed by atoms with Crippen LogP contribution in [0.2, 0.25) is 0 Å². The number of anilines is 2. The average Bonchev–Trinajstić information content (AvgIpc) is 2.65. The van der Waals surface area contributed by atoms with Gasteiger partial charge in [0.15, 0.2) is 0 Å². The third-order valence-corrected chi connectivity index (χ3v) is 4.32. The van der Waals surface area contributed by atoms with Gasteiger partial charge in [0.25, 0.3) is 0 Å². The molecule has 0 unspecified atom stereocenters. The average molecular weight is 364 g/mol. The maximum Gasteiger partial charge on any atom is 0.373 e. The van der Waals surface area contributed by atoms with Crippen molar-refractivity contribution in [1.29, 1.82) is 0 Å². The number of hydrogen-bond acceptors (Lipinski definition) is 6. The highest BCUT2D eigenvalue weighted by Crippen LogP contribution is 2.36. The Labute approximate surface area is 157 Å². The molecule has 0 bridgehead atoms. The maximum absolute atomic E-state index is 11.7. The van der Waals surface area contributed by atoms with Crippen LogP contribution in [0.1, 0.15) is 23.6 Å². The van der Waals surface area contributed by atoms with E-state index >= 15 is 0 Å². The molecule has 0 radical (unpaired) electrons. The number of para-hydroxylation sites is 1. The summed E-state index contributed by atoms with van der Waals surface area (Å²) in [4.78, 5) is 19.2. The zero-order chi connectivity index (χ0) is 19.4. The summed E-state index contributed by atoms with van der Waals surface area (Å²) in [6.45, 7) is 5.95. The number of nitro groups is 1. The summed E-state index contributed by atoms with van der Waals surface area (Å²) in [7, 11) is 0. The van der Waals surface area contributed by atoms with Gasteiger partial charge < -0.3 is 10.1 Å². The van der Waals surface area contributed by atoms with Crippen molar-refractivity contribution in [3.05, 3.63) is 75.6 Å². The van der Waals surface area contributed by atoms with Crippen LogP contribution in [0.5, 0.6) is 11.6 Å². The van der Waals surface area contributed by atoms with Crippen molar-refractivity contribution in [1.82, 2.24) is 9.97 Å². The second-order valence-electron chi connectivity index (χ2n) is 6.12. The van der Waals surface area contributed by atoms with Gasteiger partial charge in [-0.25, -0.2) is 4.98 Å². The number of hydrogen-bond donors (Lipinski definition) is 1. The van der Waals surface area contributed by atoms with Gasteiger partial charge in [0.05, 0.1) is 4.92 Å². The lowest BCUT2D eigenvalue weighted by molar-refractivity contribution is -0.385. The minimum Gasteiger partial charge on any atom is -0.434 e. The number of rotatable bonds is 6. The topological polar surface area (TPSA) is 90.2 Å². The quantitative estimate of drug-likeness (QED) is 0.483. The second kappa shape index (κ2) is 7.82. The Balaban J connectivity index is 1.99.